The number of methoxy groups -OCH3 is 1. The molecule has 0 saturated heterocycles. The van der Waals surface area contributed by atoms with Gasteiger partial charge < -0.3 is 20.5 Å². The van der Waals surface area contributed by atoms with Gasteiger partial charge in [0, 0.05) is 28.3 Å². The molecule has 0 bridgehead atoms. The average Bonchev–Trinajstić information content (AvgIpc) is 3.51. The number of carbonyl (C=O) groups is 3. The molecule has 0 saturated carbocycles. The Morgan fingerprint density at radius 1 is 1.07 bits per heavy atom. The molecule has 0 fully saturated rings. The van der Waals surface area contributed by atoms with E-state index in [1.807, 2.05) is 0 Å². The lowest BCUT2D eigenvalue weighted by molar-refractivity contribution is -0.120. The smallest absolute Gasteiger partial charge is 0.283 e. The number of hydrogen-bond donors (Lipinski definition) is 3. The lowest BCUT2D eigenvalue weighted by Crippen LogP contribution is -2.32. The molecule has 11 nitrogen and oxygen atoms in total. The van der Waals surface area contributed by atoms with E-state index in [0.717, 1.165) is 4.90 Å². The summed E-state index contributed by atoms with van der Waals surface area (Å²) in [5, 5.41) is 27.1. The summed E-state index contributed by atoms with van der Waals surface area (Å²) in [6.45, 7) is 0. The zero-order chi connectivity index (χ0) is 28.4. The molecule has 0 unspecified atom stereocenters. The lowest BCUT2D eigenvalue weighted by atomic mass is 10.1. The molecule has 3 N–H and O–H groups in total. The minimum Gasteiger partial charge on any atom is -0.733 e. The van der Waals surface area contributed by atoms with Crippen molar-refractivity contribution in [3.8, 4) is 17.0 Å². The molecule has 1 aliphatic rings. The van der Waals surface area contributed by atoms with Gasteiger partial charge in [-0.05, 0) is 42.5 Å². The van der Waals surface area contributed by atoms with E-state index in [0.29, 0.717) is 33.5 Å². The Hall–Kier alpha value is -4.75. The number of nitrogens with zero attached hydrogens (tertiary/aromatic N) is 3. The van der Waals surface area contributed by atoms with Gasteiger partial charge in [-0.15, -0.1) is 11.3 Å². The fourth-order valence-electron chi connectivity index (χ4n) is 3.87. The maximum absolute atomic E-state index is 13.1. The number of amides is 3. The highest BCUT2D eigenvalue weighted by atomic mass is 35.5. The predicted octanol–water partition coefficient (Wildman–Crippen LogP) is 5.20. The minimum absolute atomic E-state index is 0.0784. The first-order chi connectivity index (χ1) is 19.2. The highest BCUT2D eigenvalue weighted by Gasteiger charge is 2.39. The van der Waals surface area contributed by atoms with Crippen LogP contribution in [0.5, 0.6) is 5.75 Å². The molecule has 3 amide bonds. The van der Waals surface area contributed by atoms with Gasteiger partial charge >= 0.3 is 0 Å². The van der Waals surface area contributed by atoms with Gasteiger partial charge in [-0.25, -0.2) is 9.88 Å². The van der Waals surface area contributed by atoms with Crippen molar-refractivity contribution in [3.05, 3.63) is 99.7 Å². The molecule has 202 valence electrons. The first-order valence-corrected chi connectivity index (χ1v) is 12.8. The second-order valence-corrected chi connectivity index (χ2v) is 9.59. The normalized spacial score (nSPS) is 13.1. The number of nitrogens with one attached hydrogen (secondary N) is 2. The van der Waals surface area contributed by atoms with E-state index in [9.17, 15) is 19.6 Å². The van der Waals surface area contributed by atoms with Crippen LogP contribution < -0.4 is 25.5 Å². The van der Waals surface area contributed by atoms with Crippen LogP contribution in [0.3, 0.4) is 0 Å². The molecule has 1 aromatic heterocycles. The molecule has 13 heteroatoms. The number of hydrogen-bond acceptors (Lipinski definition) is 10. The molecule has 4 aromatic rings. The Balaban J connectivity index is 1.29. The van der Waals surface area contributed by atoms with Crippen molar-refractivity contribution >= 4 is 62.9 Å². The van der Waals surface area contributed by atoms with E-state index in [-0.39, 0.29) is 27.2 Å². The Morgan fingerprint density at radius 3 is 2.55 bits per heavy atom. The number of benzene rings is 3. The van der Waals surface area contributed by atoms with Crippen LogP contribution >= 0.6 is 22.9 Å². The monoisotopic (exact) mass is 576 g/mol. The number of thiazole rings is 1. The highest BCUT2D eigenvalue weighted by molar-refractivity contribution is 7.14. The van der Waals surface area contributed by atoms with Gasteiger partial charge in [0.15, 0.2) is 5.13 Å². The van der Waals surface area contributed by atoms with Gasteiger partial charge in [0.1, 0.15) is 16.5 Å². The molecule has 0 atom stereocenters. The maximum atomic E-state index is 13.1. The second-order valence-electron chi connectivity index (χ2n) is 8.35. The molecule has 0 spiro atoms. The summed E-state index contributed by atoms with van der Waals surface area (Å²) >= 11 is 7.44. The van der Waals surface area contributed by atoms with Gasteiger partial charge in [-0.3, -0.25) is 24.9 Å². The van der Waals surface area contributed by atoms with Crippen molar-refractivity contribution in [1.82, 2.24) is 4.98 Å². The predicted molar refractivity (Wildman–Crippen MR) is 152 cm³/mol. The number of ether oxygens (including phenoxy) is 1. The summed E-state index contributed by atoms with van der Waals surface area (Å²) in [5.74, 6) is -1.32. The number of rotatable bonds is 8. The van der Waals surface area contributed by atoms with Gasteiger partial charge in [-0.2, -0.15) is 0 Å². The summed E-state index contributed by atoms with van der Waals surface area (Å²) in [6.07, 6.45) is 0. The third-order valence-electron chi connectivity index (χ3n) is 5.84. The Labute approximate surface area is 236 Å². The van der Waals surface area contributed by atoms with Crippen LogP contribution in [0.25, 0.3) is 11.3 Å². The van der Waals surface area contributed by atoms with Crippen LogP contribution in [0.1, 0.15) is 10.4 Å². The SMILES string of the molecule is COc1cccc(N2C(=O)C(Cl)=C(Nc3cccc(C(=O)Nc4nc(-c5ccc(N([O-])O)cc5)cs4)c3)C2=O)c1. The molecule has 3 aromatic carbocycles. The van der Waals surface area contributed by atoms with E-state index in [2.05, 4.69) is 15.6 Å². The van der Waals surface area contributed by atoms with Crippen LogP contribution in [0.2, 0.25) is 0 Å². The van der Waals surface area contributed by atoms with E-state index < -0.39 is 17.7 Å². The lowest BCUT2D eigenvalue weighted by Gasteiger charge is -2.21. The van der Waals surface area contributed by atoms with E-state index in [4.69, 9.17) is 21.5 Å². The summed E-state index contributed by atoms with van der Waals surface area (Å²) in [7, 11) is 1.47. The fraction of sp³-hybridized carbons (Fsp3) is 0.0370. The van der Waals surface area contributed by atoms with Crippen molar-refractivity contribution in [2.24, 2.45) is 0 Å². The molecule has 5 rings (SSSR count). The van der Waals surface area contributed by atoms with Crippen molar-refractivity contribution < 1.29 is 24.3 Å². The topological polar surface area (TPSA) is 147 Å². The molecule has 0 radical (unpaired) electrons. The zero-order valence-electron chi connectivity index (χ0n) is 20.6. The van der Waals surface area contributed by atoms with Crippen molar-refractivity contribution in [2.75, 3.05) is 27.9 Å². The van der Waals surface area contributed by atoms with E-state index >= 15 is 0 Å². The zero-order valence-corrected chi connectivity index (χ0v) is 22.2. The molecule has 40 heavy (non-hydrogen) atoms. The molecule has 1 aliphatic heterocycles. The first-order valence-electron chi connectivity index (χ1n) is 11.6. The quantitative estimate of drug-likeness (QED) is 0.190. The Bertz CT molecular complexity index is 1650. The van der Waals surface area contributed by atoms with Crippen LogP contribution in [-0.2, 0) is 9.59 Å². The van der Waals surface area contributed by atoms with Gasteiger partial charge in [0.2, 0.25) is 0 Å². The van der Waals surface area contributed by atoms with E-state index in [1.165, 1.54) is 36.6 Å². The van der Waals surface area contributed by atoms with E-state index in [1.54, 1.807) is 60.0 Å². The molecule has 0 aliphatic carbocycles. The second kappa shape index (κ2) is 11.2. The van der Waals surface area contributed by atoms with Gasteiger partial charge in [0.05, 0.1) is 24.2 Å². The van der Waals surface area contributed by atoms with Gasteiger partial charge in [0.25, 0.3) is 17.7 Å². The average molecular weight is 577 g/mol. The number of anilines is 4. The number of halogens is 1. The first kappa shape index (κ1) is 26.8. The molecule has 2 heterocycles. The third-order valence-corrected chi connectivity index (χ3v) is 6.95. The van der Waals surface area contributed by atoms with Crippen molar-refractivity contribution in [2.45, 2.75) is 0 Å². The summed E-state index contributed by atoms with van der Waals surface area (Å²) in [4.78, 5) is 44.2. The fourth-order valence-corrected chi connectivity index (χ4v) is 4.80. The van der Waals surface area contributed by atoms with Crippen molar-refractivity contribution in [3.63, 3.8) is 0 Å². The van der Waals surface area contributed by atoms with Gasteiger partial charge in [-0.1, -0.05) is 35.9 Å². The van der Waals surface area contributed by atoms with Crippen LogP contribution in [0, 0.1) is 5.21 Å². The molecular weight excluding hydrogens is 558 g/mol. The Morgan fingerprint density at radius 2 is 1.82 bits per heavy atom. The highest BCUT2D eigenvalue weighted by Crippen LogP contribution is 2.32. The van der Waals surface area contributed by atoms with Crippen LogP contribution in [-0.4, -0.2) is 35.0 Å². The summed E-state index contributed by atoms with van der Waals surface area (Å²) < 4.78 is 5.17. The minimum atomic E-state index is -0.688. The Kier molecular flexibility index (Phi) is 7.49. The largest absolute Gasteiger partial charge is 0.733 e. The number of imide groups is 1. The standard InChI is InChI=1S/C27H19ClN5O6S/c1-39-20-7-3-6-19(13-20)32-25(35)22(28)23(26(32)36)29-17-5-2-4-16(12-17)24(34)31-27-30-21(14-40-27)15-8-10-18(11-9-15)33(37)38/h2-14,29,37H,1H3,(H,30,31,34)/q-1. The summed E-state index contributed by atoms with van der Waals surface area (Å²) in [6, 6.07) is 18.9. The van der Waals surface area contributed by atoms with Crippen LogP contribution in [0.4, 0.5) is 22.2 Å². The van der Waals surface area contributed by atoms with Crippen molar-refractivity contribution in [1.29, 1.82) is 0 Å². The number of aromatic nitrogens is 1. The third kappa shape index (κ3) is 5.37. The molecular formula is C27H19ClN5O6S-. The maximum Gasteiger partial charge on any atom is 0.283 e. The number of carbonyl (C=O) groups excluding carboxylic acids is 3. The van der Waals surface area contributed by atoms with Crippen LogP contribution in [0.15, 0.2) is 88.9 Å². The summed E-state index contributed by atoms with van der Waals surface area (Å²) in [5.41, 5.74) is 2.16.